The van der Waals surface area contributed by atoms with Gasteiger partial charge in [-0.25, -0.2) is 21.1 Å². The molecule has 0 unspecified atom stereocenters. The topological polar surface area (TPSA) is 91.8 Å². The van der Waals surface area contributed by atoms with Crippen molar-refractivity contribution in [2.75, 3.05) is 12.8 Å². The average Bonchev–Trinajstić information content (AvgIpc) is 3.13. The molecule has 2 heterocycles. The van der Waals surface area contributed by atoms with E-state index in [0.29, 0.717) is 16.8 Å². The fraction of sp³-hybridized carbons (Fsp3) is 0.471. The molecular formula is C17H19F3N2O5S2. The maximum absolute atomic E-state index is 13.4. The van der Waals surface area contributed by atoms with Gasteiger partial charge in [0.1, 0.15) is 0 Å². The summed E-state index contributed by atoms with van der Waals surface area (Å²) in [7, 11) is -8.67. The van der Waals surface area contributed by atoms with E-state index in [1.807, 2.05) is 0 Å². The number of rotatable bonds is 5. The monoisotopic (exact) mass is 452 g/mol. The molecule has 0 saturated carbocycles. The number of hydrogen-bond acceptors (Lipinski definition) is 5. The van der Waals surface area contributed by atoms with E-state index in [1.165, 1.54) is 12.1 Å². The van der Waals surface area contributed by atoms with Gasteiger partial charge in [-0.1, -0.05) is 25.5 Å². The van der Waals surface area contributed by atoms with Crippen molar-refractivity contribution in [3.05, 3.63) is 41.6 Å². The molecular weight excluding hydrogens is 433 g/mol. The zero-order chi connectivity index (χ0) is 21.8. The van der Waals surface area contributed by atoms with Crippen LogP contribution < -0.4 is 0 Å². The summed E-state index contributed by atoms with van der Waals surface area (Å²) in [5.41, 5.74) is -1.34. The zero-order valence-electron chi connectivity index (χ0n) is 15.5. The zero-order valence-corrected chi connectivity index (χ0v) is 17.2. The number of benzene rings is 1. The highest BCUT2D eigenvalue weighted by molar-refractivity contribution is 7.89. The highest BCUT2D eigenvalue weighted by Crippen LogP contribution is 2.44. The van der Waals surface area contributed by atoms with Gasteiger partial charge in [-0.05, 0) is 24.6 Å². The van der Waals surface area contributed by atoms with Gasteiger partial charge >= 0.3 is 6.18 Å². The first-order valence-corrected chi connectivity index (χ1v) is 12.0. The van der Waals surface area contributed by atoms with E-state index in [9.17, 15) is 34.8 Å². The molecule has 0 radical (unpaired) electrons. The molecule has 1 fully saturated rings. The number of carbonyl (C=O) groups is 1. The van der Waals surface area contributed by atoms with Crippen molar-refractivity contribution in [2.24, 2.45) is 5.92 Å². The first kappa shape index (κ1) is 21.8. The van der Waals surface area contributed by atoms with Crippen molar-refractivity contribution < 1.29 is 34.8 Å². The standard InChI is InChI=1S/C17H19F3N2O5S2/c1-3-6-11-15-13(22(16(11)23)28(2,24)25)9-10-21(15)29(26,27)14-8-5-4-7-12(14)17(18,19)20/h4-5,7-9,11,15H,3,6,10H2,1-2H3/t11-,15-/m1/s1. The Morgan fingerprint density at radius 3 is 2.31 bits per heavy atom. The van der Waals surface area contributed by atoms with Gasteiger partial charge in [0.25, 0.3) is 0 Å². The summed E-state index contributed by atoms with van der Waals surface area (Å²) < 4.78 is 92.0. The van der Waals surface area contributed by atoms with Gasteiger partial charge in [-0.2, -0.15) is 17.5 Å². The van der Waals surface area contributed by atoms with Crippen LogP contribution >= 0.6 is 0 Å². The molecule has 3 rings (SSSR count). The SMILES string of the molecule is CCC[C@H]1C(=O)N(S(C)(=O)=O)C2=CCN(S(=O)(=O)c3ccccc3C(F)(F)F)[C@@H]21. The van der Waals surface area contributed by atoms with E-state index in [-0.39, 0.29) is 18.7 Å². The molecule has 1 saturated heterocycles. The van der Waals surface area contributed by atoms with Gasteiger partial charge in [-0.3, -0.25) is 4.79 Å². The summed E-state index contributed by atoms with van der Waals surface area (Å²) >= 11 is 0. The summed E-state index contributed by atoms with van der Waals surface area (Å²) in [6.45, 7) is 1.42. The predicted molar refractivity (Wildman–Crippen MR) is 97.3 cm³/mol. The molecule has 12 heteroatoms. The predicted octanol–water partition coefficient (Wildman–Crippen LogP) is 2.18. The van der Waals surface area contributed by atoms with Gasteiger partial charge < -0.3 is 0 Å². The van der Waals surface area contributed by atoms with Gasteiger partial charge in [0.15, 0.2) is 0 Å². The molecule has 2 aliphatic rings. The quantitative estimate of drug-likeness (QED) is 0.683. The van der Waals surface area contributed by atoms with Crippen molar-refractivity contribution in [3.63, 3.8) is 0 Å². The average molecular weight is 452 g/mol. The second kappa shape index (κ2) is 7.10. The van der Waals surface area contributed by atoms with E-state index >= 15 is 0 Å². The third-order valence-corrected chi connectivity index (χ3v) is 7.90. The summed E-state index contributed by atoms with van der Waals surface area (Å²) in [5.74, 6) is -1.76. The number of amides is 1. The Labute approximate surface area is 166 Å². The number of fused-ring (bicyclic) bond motifs is 1. The Kier molecular flexibility index (Phi) is 5.33. The minimum Gasteiger partial charge on any atom is -0.273 e. The number of halogens is 3. The molecule has 0 spiro atoms. The van der Waals surface area contributed by atoms with Crippen LogP contribution in [-0.2, 0) is 31.0 Å². The van der Waals surface area contributed by atoms with Crippen LogP contribution in [0.15, 0.2) is 40.9 Å². The molecule has 0 aliphatic carbocycles. The van der Waals surface area contributed by atoms with Crippen LogP contribution in [0.25, 0.3) is 0 Å². The number of sulfonamides is 2. The van der Waals surface area contributed by atoms with Gasteiger partial charge in [0.05, 0.1) is 34.4 Å². The molecule has 0 aromatic heterocycles. The van der Waals surface area contributed by atoms with Gasteiger partial charge in [0.2, 0.25) is 26.0 Å². The number of hydrogen-bond donors (Lipinski definition) is 0. The van der Waals surface area contributed by atoms with E-state index < -0.39 is 54.5 Å². The number of carbonyl (C=O) groups excluding carboxylic acids is 1. The lowest BCUT2D eigenvalue weighted by molar-refractivity contribution is -0.140. The van der Waals surface area contributed by atoms with Crippen molar-refractivity contribution in [1.29, 1.82) is 0 Å². The maximum Gasteiger partial charge on any atom is 0.417 e. The third-order valence-electron chi connectivity index (χ3n) is 4.94. The molecule has 1 amide bonds. The van der Waals surface area contributed by atoms with E-state index in [0.717, 1.165) is 22.7 Å². The molecule has 1 aromatic carbocycles. The lowest BCUT2D eigenvalue weighted by atomic mass is 9.97. The highest BCUT2D eigenvalue weighted by Gasteiger charge is 2.55. The van der Waals surface area contributed by atoms with Crippen LogP contribution in [0.2, 0.25) is 0 Å². The molecule has 1 aromatic rings. The smallest absolute Gasteiger partial charge is 0.273 e. The molecule has 160 valence electrons. The van der Waals surface area contributed by atoms with Gasteiger partial charge in [0, 0.05) is 6.54 Å². The molecule has 2 aliphatic heterocycles. The molecule has 29 heavy (non-hydrogen) atoms. The lowest BCUT2D eigenvalue weighted by Crippen LogP contribution is -2.41. The Bertz CT molecular complexity index is 1080. The van der Waals surface area contributed by atoms with E-state index in [2.05, 4.69) is 0 Å². The van der Waals surface area contributed by atoms with Crippen LogP contribution in [0.3, 0.4) is 0 Å². The first-order valence-electron chi connectivity index (χ1n) is 8.74. The minimum atomic E-state index is -4.90. The van der Waals surface area contributed by atoms with Crippen molar-refractivity contribution in [1.82, 2.24) is 8.61 Å². The Morgan fingerprint density at radius 1 is 1.14 bits per heavy atom. The maximum atomic E-state index is 13.4. The van der Waals surface area contributed by atoms with E-state index in [1.54, 1.807) is 6.92 Å². The summed E-state index contributed by atoms with van der Waals surface area (Å²) in [5, 5.41) is 0. The second-order valence-electron chi connectivity index (χ2n) is 6.90. The molecule has 7 nitrogen and oxygen atoms in total. The summed E-state index contributed by atoms with van der Waals surface area (Å²) in [6, 6.07) is 2.63. The number of alkyl halides is 3. The fourth-order valence-corrected chi connectivity index (χ4v) is 6.65. The summed E-state index contributed by atoms with van der Waals surface area (Å²) in [4.78, 5) is 11.8. The van der Waals surface area contributed by atoms with Crippen molar-refractivity contribution >= 4 is 26.0 Å². The fourth-order valence-electron chi connectivity index (χ4n) is 3.84. The summed E-state index contributed by atoms with van der Waals surface area (Å²) in [6.07, 6.45) is -2.14. The minimum absolute atomic E-state index is 0.0241. The Morgan fingerprint density at radius 2 is 1.76 bits per heavy atom. The molecule has 0 bridgehead atoms. The van der Waals surface area contributed by atoms with E-state index in [4.69, 9.17) is 0 Å². The van der Waals surface area contributed by atoms with Crippen LogP contribution in [0, 0.1) is 5.92 Å². The van der Waals surface area contributed by atoms with Crippen molar-refractivity contribution in [3.8, 4) is 0 Å². The van der Waals surface area contributed by atoms with Crippen LogP contribution in [-0.4, -0.2) is 50.2 Å². The number of nitrogens with zero attached hydrogens (tertiary/aromatic N) is 2. The Balaban J connectivity index is 2.12. The van der Waals surface area contributed by atoms with Gasteiger partial charge in [-0.15, -0.1) is 0 Å². The normalized spacial score (nSPS) is 23.4. The Hall–Kier alpha value is -1.92. The first-order chi connectivity index (χ1) is 13.3. The highest BCUT2D eigenvalue weighted by atomic mass is 32.2. The molecule has 2 atom stereocenters. The second-order valence-corrected chi connectivity index (χ2v) is 10.6. The van der Waals surface area contributed by atoms with Crippen LogP contribution in [0.1, 0.15) is 25.3 Å². The largest absolute Gasteiger partial charge is 0.417 e. The van der Waals surface area contributed by atoms with Crippen LogP contribution in [0.4, 0.5) is 13.2 Å². The molecule has 0 N–H and O–H groups in total. The third kappa shape index (κ3) is 3.57. The van der Waals surface area contributed by atoms with Crippen LogP contribution in [0.5, 0.6) is 0 Å². The lowest BCUT2D eigenvalue weighted by Gasteiger charge is -2.27. The van der Waals surface area contributed by atoms with Crippen molar-refractivity contribution in [2.45, 2.75) is 36.9 Å².